The number of hydrogen-bond donors (Lipinski definition) is 0. The van der Waals surface area contributed by atoms with Gasteiger partial charge >= 0.3 is 0 Å². The van der Waals surface area contributed by atoms with E-state index in [9.17, 15) is 0 Å². The molecule has 0 aromatic heterocycles. The number of ether oxygens (including phenoxy) is 2. The zero-order valence-electron chi connectivity index (χ0n) is 27.8. The van der Waals surface area contributed by atoms with Gasteiger partial charge in [-0.1, -0.05) is 142 Å². The van der Waals surface area contributed by atoms with Crippen LogP contribution in [0.5, 0.6) is 0 Å². The Kier molecular flexibility index (Phi) is 23.2. The summed E-state index contributed by atoms with van der Waals surface area (Å²) < 4.78 is 14.1. The SMILES string of the molecule is CCCCCCCCCCCCC1(CCCCCCCCCCCC)COC(CC[N+](CC)(CC)CC)OC1. The molecule has 1 aliphatic rings. The molecule has 3 heteroatoms. The molecule has 0 unspecified atom stereocenters. The standard InChI is InChI=1S/C36H74NO2/c1-6-11-13-15-17-19-21-23-25-27-30-36(31-28-26-24-22-20-18-16-14-12-7-2)33-38-35(39-34-36)29-32-37(8-3,9-4)10-5/h35H,6-34H2,1-5H3/q+1. The molecular formula is C36H74NO2+. The molecule has 1 fully saturated rings. The van der Waals surface area contributed by atoms with E-state index in [4.69, 9.17) is 9.47 Å². The molecule has 0 radical (unpaired) electrons. The van der Waals surface area contributed by atoms with Crippen molar-refractivity contribution in [3.05, 3.63) is 0 Å². The fraction of sp³-hybridized carbons (Fsp3) is 1.00. The Morgan fingerprint density at radius 3 is 1.15 bits per heavy atom. The molecule has 1 heterocycles. The molecule has 3 nitrogen and oxygen atoms in total. The van der Waals surface area contributed by atoms with E-state index in [1.54, 1.807) is 0 Å². The average molecular weight is 553 g/mol. The molecule has 0 aromatic carbocycles. The summed E-state index contributed by atoms with van der Waals surface area (Å²) in [5, 5.41) is 0. The Labute approximate surface area is 247 Å². The molecule has 0 atom stereocenters. The van der Waals surface area contributed by atoms with Crippen molar-refractivity contribution in [1.82, 2.24) is 0 Å². The molecular weight excluding hydrogens is 478 g/mol. The smallest absolute Gasteiger partial charge is 0.162 e. The van der Waals surface area contributed by atoms with E-state index < -0.39 is 0 Å². The molecule has 39 heavy (non-hydrogen) atoms. The van der Waals surface area contributed by atoms with Crippen molar-refractivity contribution in [1.29, 1.82) is 0 Å². The van der Waals surface area contributed by atoms with Gasteiger partial charge in [0.05, 0.1) is 39.4 Å². The minimum absolute atomic E-state index is 0.0145. The van der Waals surface area contributed by atoms with Crippen LogP contribution in [0.15, 0.2) is 0 Å². The van der Waals surface area contributed by atoms with Crippen LogP contribution in [-0.4, -0.2) is 50.2 Å². The highest BCUT2D eigenvalue weighted by atomic mass is 16.7. The molecule has 1 rings (SSSR count). The van der Waals surface area contributed by atoms with Gasteiger partial charge in [-0.25, -0.2) is 0 Å². The Morgan fingerprint density at radius 1 is 0.487 bits per heavy atom. The molecule has 0 amide bonds. The topological polar surface area (TPSA) is 18.5 Å². The third kappa shape index (κ3) is 17.4. The van der Waals surface area contributed by atoms with Gasteiger partial charge in [0.1, 0.15) is 0 Å². The van der Waals surface area contributed by atoms with E-state index in [2.05, 4.69) is 34.6 Å². The van der Waals surface area contributed by atoms with Crippen molar-refractivity contribution in [3.63, 3.8) is 0 Å². The number of nitrogens with zero attached hydrogens (tertiary/aromatic N) is 1. The van der Waals surface area contributed by atoms with E-state index in [0.29, 0.717) is 0 Å². The second-order valence-corrected chi connectivity index (χ2v) is 13.2. The van der Waals surface area contributed by atoms with Gasteiger partial charge in [-0.05, 0) is 33.6 Å². The lowest BCUT2D eigenvalue weighted by atomic mass is 9.78. The second-order valence-electron chi connectivity index (χ2n) is 13.2. The normalized spacial score (nSPS) is 16.2. The maximum atomic E-state index is 6.48. The minimum Gasteiger partial charge on any atom is -0.352 e. The van der Waals surface area contributed by atoms with Crippen molar-refractivity contribution in [2.24, 2.45) is 5.41 Å². The van der Waals surface area contributed by atoms with Gasteiger partial charge in [0, 0.05) is 11.8 Å². The monoisotopic (exact) mass is 553 g/mol. The van der Waals surface area contributed by atoms with Crippen LogP contribution in [0.1, 0.15) is 182 Å². The van der Waals surface area contributed by atoms with E-state index >= 15 is 0 Å². The first-order chi connectivity index (χ1) is 19.1. The Balaban J connectivity index is 2.38. The maximum absolute atomic E-state index is 6.48. The summed E-state index contributed by atoms with van der Waals surface area (Å²) in [7, 11) is 0. The predicted octanol–water partition coefficient (Wildman–Crippen LogP) is 11.2. The highest BCUT2D eigenvalue weighted by molar-refractivity contribution is 4.82. The van der Waals surface area contributed by atoms with Crippen molar-refractivity contribution < 1.29 is 14.0 Å². The largest absolute Gasteiger partial charge is 0.352 e. The van der Waals surface area contributed by atoms with Gasteiger partial charge in [-0.2, -0.15) is 0 Å². The average Bonchev–Trinajstić information content (AvgIpc) is 2.97. The lowest BCUT2D eigenvalue weighted by molar-refractivity contribution is -0.924. The molecule has 0 aliphatic carbocycles. The van der Waals surface area contributed by atoms with Crippen molar-refractivity contribution >= 4 is 0 Å². The number of unbranched alkanes of at least 4 members (excludes halogenated alkanes) is 18. The van der Waals surface area contributed by atoms with Crippen LogP contribution >= 0.6 is 0 Å². The Morgan fingerprint density at radius 2 is 0.821 bits per heavy atom. The lowest BCUT2D eigenvalue weighted by Crippen LogP contribution is -2.50. The van der Waals surface area contributed by atoms with Crippen LogP contribution in [0.2, 0.25) is 0 Å². The lowest BCUT2D eigenvalue weighted by Gasteiger charge is -2.42. The van der Waals surface area contributed by atoms with Crippen molar-refractivity contribution in [2.45, 2.75) is 189 Å². The van der Waals surface area contributed by atoms with Crippen LogP contribution in [0, 0.1) is 5.41 Å². The van der Waals surface area contributed by atoms with Gasteiger partial charge in [-0.15, -0.1) is 0 Å². The highest BCUT2D eigenvalue weighted by Gasteiger charge is 2.37. The molecule has 234 valence electrons. The quantitative estimate of drug-likeness (QED) is 0.0709. The van der Waals surface area contributed by atoms with E-state index in [0.717, 1.165) is 19.6 Å². The Bertz CT molecular complexity index is 476. The van der Waals surface area contributed by atoms with Crippen LogP contribution in [0.25, 0.3) is 0 Å². The van der Waals surface area contributed by atoms with Gasteiger partial charge in [0.2, 0.25) is 0 Å². The minimum atomic E-state index is 0.0145. The predicted molar refractivity (Wildman–Crippen MR) is 172 cm³/mol. The fourth-order valence-electron chi connectivity index (χ4n) is 6.71. The van der Waals surface area contributed by atoms with Crippen LogP contribution < -0.4 is 0 Å². The van der Waals surface area contributed by atoms with E-state index in [1.165, 1.54) is 172 Å². The number of hydrogen-bond acceptors (Lipinski definition) is 2. The zero-order chi connectivity index (χ0) is 28.5. The Hall–Kier alpha value is -0.120. The van der Waals surface area contributed by atoms with Crippen molar-refractivity contribution in [2.75, 3.05) is 39.4 Å². The molecule has 0 N–H and O–H groups in total. The second kappa shape index (κ2) is 24.5. The van der Waals surface area contributed by atoms with Crippen LogP contribution in [-0.2, 0) is 9.47 Å². The molecule has 0 spiro atoms. The molecule has 1 saturated heterocycles. The summed E-state index contributed by atoms with van der Waals surface area (Å²) in [5.74, 6) is 0. The summed E-state index contributed by atoms with van der Waals surface area (Å²) in [6.07, 6.45) is 31.9. The molecule has 0 bridgehead atoms. The molecule has 0 saturated carbocycles. The van der Waals surface area contributed by atoms with Gasteiger partial charge in [-0.3, -0.25) is 0 Å². The first-order valence-electron chi connectivity index (χ1n) is 18.2. The highest BCUT2D eigenvalue weighted by Crippen LogP contribution is 2.37. The third-order valence-electron chi connectivity index (χ3n) is 10.1. The van der Waals surface area contributed by atoms with E-state index in [-0.39, 0.29) is 11.7 Å². The van der Waals surface area contributed by atoms with Gasteiger partial charge < -0.3 is 14.0 Å². The maximum Gasteiger partial charge on any atom is 0.162 e. The van der Waals surface area contributed by atoms with Crippen molar-refractivity contribution in [3.8, 4) is 0 Å². The summed E-state index contributed by atoms with van der Waals surface area (Å²) in [6.45, 7) is 18.3. The first kappa shape index (κ1) is 36.9. The van der Waals surface area contributed by atoms with Gasteiger partial charge in [0.15, 0.2) is 6.29 Å². The summed E-state index contributed by atoms with van der Waals surface area (Å²) in [6, 6.07) is 0. The van der Waals surface area contributed by atoms with Gasteiger partial charge in [0.25, 0.3) is 0 Å². The summed E-state index contributed by atoms with van der Waals surface area (Å²) in [5.41, 5.74) is 0.267. The summed E-state index contributed by atoms with van der Waals surface area (Å²) >= 11 is 0. The van der Waals surface area contributed by atoms with Crippen LogP contribution in [0.4, 0.5) is 0 Å². The number of rotatable bonds is 28. The third-order valence-corrected chi connectivity index (χ3v) is 10.1. The molecule has 0 aromatic rings. The molecule has 1 aliphatic heterocycles. The zero-order valence-corrected chi connectivity index (χ0v) is 27.8. The fourth-order valence-corrected chi connectivity index (χ4v) is 6.71. The summed E-state index contributed by atoms with van der Waals surface area (Å²) in [4.78, 5) is 0. The first-order valence-corrected chi connectivity index (χ1v) is 18.2. The number of quaternary nitrogens is 1. The van der Waals surface area contributed by atoms with Crippen LogP contribution in [0.3, 0.4) is 0 Å². The van der Waals surface area contributed by atoms with E-state index in [1.807, 2.05) is 0 Å².